The number of aryl methyl sites for hydroxylation is 1. The van der Waals surface area contributed by atoms with Gasteiger partial charge in [-0.3, -0.25) is 23.4 Å². The molecule has 0 heterocycles. The Morgan fingerprint density at radius 2 is 1.55 bits per heavy atom. The minimum atomic E-state index is -4.85. The van der Waals surface area contributed by atoms with Crippen LogP contribution in [0, 0.1) is 6.92 Å². The van der Waals surface area contributed by atoms with E-state index in [9.17, 15) is 26.8 Å². The molecular weight excluding hydrogens is 470 g/mol. The van der Waals surface area contributed by atoms with E-state index in [1.165, 1.54) is 18.2 Å². The minimum Gasteiger partial charge on any atom is -0.397 e. The van der Waals surface area contributed by atoms with Crippen molar-refractivity contribution in [3.8, 4) is 0 Å². The van der Waals surface area contributed by atoms with E-state index in [0.29, 0.717) is 11.3 Å². The zero-order valence-corrected chi connectivity index (χ0v) is 18.6. The Bertz CT molecular complexity index is 1480. The Morgan fingerprint density at radius 1 is 0.939 bits per heavy atom. The van der Waals surface area contributed by atoms with Crippen molar-refractivity contribution in [2.75, 3.05) is 15.8 Å². The standard InChI is InChI=1S/C21H17N3O7S2/c1-10-6-7-11(24-32(27)28)8-14(10)23-15-9-16(33(29,30)31)19(22)18-17(15)20(25)12-4-2-3-5-13(12)21(18)26/h2-9,23-24H,22H2,1H3,(H,27,28)(H,29,30,31). The second-order valence-corrected chi connectivity index (χ2v) is 9.36. The Hall–Kier alpha value is -3.58. The summed E-state index contributed by atoms with van der Waals surface area (Å²) in [6, 6.07) is 11.7. The fourth-order valence-electron chi connectivity index (χ4n) is 3.67. The Balaban J connectivity index is 1.98. The first-order chi connectivity index (χ1) is 15.5. The van der Waals surface area contributed by atoms with Crippen molar-refractivity contribution in [3.05, 3.63) is 76.3 Å². The average Bonchev–Trinajstić information content (AvgIpc) is 2.74. The molecule has 0 aromatic heterocycles. The molecule has 1 unspecified atom stereocenters. The zero-order valence-electron chi connectivity index (χ0n) is 16.9. The molecule has 3 aromatic carbocycles. The van der Waals surface area contributed by atoms with Gasteiger partial charge in [-0.25, -0.2) is 4.21 Å². The molecule has 6 N–H and O–H groups in total. The molecule has 0 saturated carbocycles. The largest absolute Gasteiger partial charge is 0.397 e. The molecule has 0 bridgehead atoms. The van der Waals surface area contributed by atoms with Gasteiger partial charge in [0.05, 0.1) is 28.2 Å². The third kappa shape index (κ3) is 4.00. The quantitative estimate of drug-likeness (QED) is 0.161. The predicted octanol–water partition coefficient (Wildman–Crippen LogP) is 2.89. The van der Waals surface area contributed by atoms with Crippen LogP contribution in [0.5, 0.6) is 0 Å². The maximum atomic E-state index is 13.3. The molecule has 4 rings (SSSR count). The molecule has 3 aromatic rings. The molecule has 10 nitrogen and oxygen atoms in total. The summed E-state index contributed by atoms with van der Waals surface area (Å²) in [4.78, 5) is 25.8. The normalized spacial score (nSPS) is 13.8. The van der Waals surface area contributed by atoms with Gasteiger partial charge in [0.25, 0.3) is 21.4 Å². The highest BCUT2D eigenvalue weighted by Gasteiger charge is 2.36. The van der Waals surface area contributed by atoms with Crippen molar-refractivity contribution in [1.82, 2.24) is 0 Å². The molecule has 1 aliphatic rings. The minimum absolute atomic E-state index is 0.0629. The van der Waals surface area contributed by atoms with E-state index in [1.807, 2.05) is 0 Å². The summed E-state index contributed by atoms with van der Waals surface area (Å²) in [6.45, 7) is 1.71. The number of anilines is 4. The molecule has 0 radical (unpaired) electrons. The van der Waals surface area contributed by atoms with E-state index in [4.69, 9.17) is 10.3 Å². The number of rotatable bonds is 5. The summed E-state index contributed by atoms with van der Waals surface area (Å²) in [5, 5.41) is 2.91. The van der Waals surface area contributed by atoms with Gasteiger partial charge in [-0.2, -0.15) is 8.42 Å². The first-order valence-corrected chi connectivity index (χ1v) is 11.9. The fourth-order valence-corrected chi connectivity index (χ4v) is 4.65. The topological polar surface area (TPSA) is 176 Å². The molecule has 1 aliphatic carbocycles. The maximum Gasteiger partial charge on any atom is 0.296 e. The highest BCUT2D eigenvalue weighted by molar-refractivity contribution is 7.86. The number of nitrogens with two attached hydrogens (primary N) is 1. The summed E-state index contributed by atoms with van der Waals surface area (Å²) < 4.78 is 56.2. The highest BCUT2D eigenvalue weighted by Crippen LogP contribution is 2.40. The van der Waals surface area contributed by atoms with Crippen LogP contribution in [0.4, 0.5) is 22.7 Å². The average molecular weight is 488 g/mol. The smallest absolute Gasteiger partial charge is 0.296 e. The number of hydrogen-bond donors (Lipinski definition) is 5. The first kappa shape index (κ1) is 22.6. The zero-order chi connectivity index (χ0) is 24.1. The number of nitrogen functional groups attached to an aromatic ring is 1. The summed E-state index contributed by atoms with van der Waals surface area (Å²) in [5.41, 5.74) is 6.30. The van der Waals surface area contributed by atoms with Crippen LogP contribution in [-0.4, -0.2) is 33.3 Å². The van der Waals surface area contributed by atoms with E-state index in [0.717, 1.165) is 6.07 Å². The molecular formula is C21H17N3O7S2. The Labute approximate surface area is 191 Å². The number of carbonyl (C=O) groups is 2. The van der Waals surface area contributed by atoms with Crippen LogP contribution in [0.3, 0.4) is 0 Å². The van der Waals surface area contributed by atoms with Gasteiger partial charge >= 0.3 is 0 Å². The van der Waals surface area contributed by atoms with E-state index in [2.05, 4.69) is 10.0 Å². The first-order valence-electron chi connectivity index (χ1n) is 9.36. The van der Waals surface area contributed by atoms with Crippen LogP contribution in [-0.2, 0) is 21.4 Å². The molecule has 0 aliphatic heterocycles. The fraction of sp³-hybridized carbons (Fsp3) is 0.0476. The summed E-state index contributed by atoms with van der Waals surface area (Å²) in [5.74, 6) is -1.21. The monoisotopic (exact) mass is 487 g/mol. The molecule has 0 fully saturated rings. The predicted molar refractivity (Wildman–Crippen MR) is 123 cm³/mol. The number of nitrogens with one attached hydrogen (secondary N) is 2. The third-order valence-electron chi connectivity index (χ3n) is 5.19. The second-order valence-electron chi connectivity index (χ2n) is 7.27. The highest BCUT2D eigenvalue weighted by atomic mass is 32.2. The molecule has 0 spiro atoms. The van der Waals surface area contributed by atoms with Gasteiger partial charge in [0.2, 0.25) is 0 Å². The van der Waals surface area contributed by atoms with E-state index >= 15 is 0 Å². The number of fused-ring (bicyclic) bond motifs is 2. The second kappa shape index (κ2) is 8.08. The lowest BCUT2D eigenvalue weighted by molar-refractivity contribution is 0.0980. The van der Waals surface area contributed by atoms with Gasteiger partial charge < -0.3 is 11.1 Å². The number of ketones is 2. The third-order valence-corrected chi connectivity index (χ3v) is 6.49. The van der Waals surface area contributed by atoms with Crippen LogP contribution >= 0.6 is 0 Å². The number of hydrogen-bond acceptors (Lipinski definition) is 7. The molecule has 170 valence electrons. The van der Waals surface area contributed by atoms with Gasteiger partial charge in [0.1, 0.15) is 4.90 Å². The van der Waals surface area contributed by atoms with Crippen LogP contribution < -0.4 is 15.8 Å². The van der Waals surface area contributed by atoms with Gasteiger partial charge in [0.15, 0.2) is 11.6 Å². The van der Waals surface area contributed by atoms with E-state index in [-0.39, 0.29) is 33.6 Å². The van der Waals surface area contributed by atoms with Gasteiger partial charge in [-0.15, -0.1) is 0 Å². The van der Waals surface area contributed by atoms with Gasteiger partial charge in [-0.1, -0.05) is 30.3 Å². The maximum absolute atomic E-state index is 13.3. The summed E-state index contributed by atoms with van der Waals surface area (Å²) in [7, 11) is -4.85. The van der Waals surface area contributed by atoms with Crippen molar-refractivity contribution >= 4 is 55.7 Å². The molecule has 0 amide bonds. The van der Waals surface area contributed by atoms with Gasteiger partial charge in [-0.05, 0) is 30.7 Å². The van der Waals surface area contributed by atoms with Crippen LogP contribution in [0.2, 0.25) is 0 Å². The van der Waals surface area contributed by atoms with E-state index in [1.54, 1.807) is 31.2 Å². The molecule has 0 saturated heterocycles. The summed E-state index contributed by atoms with van der Waals surface area (Å²) >= 11 is -2.34. The number of carbonyl (C=O) groups excluding carboxylic acids is 2. The van der Waals surface area contributed by atoms with Crippen LogP contribution in [0.1, 0.15) is 37.4 Å². The Morgan fingerprint density at radius 3 is 2.12 bits per heavy atom. The Kier molecular flexibility index (Phi) is 5.54. The van der Waals surface area contributed by atoms with Crippen LogP contribution in [0.25, 0.3) is 0 Å². The summed E-state index contributed by atoms with van der Waals surface area (Å²) in [6.07, 6.45) is 0. The van der Waals surface area contributed by atoms with Crippen molar-refractivity contribution in [3.63, 3.8) is 0 Å². The lowest BCUT2D eigenvalue weighted by Gasteiger charge is -2.24. The van der Waals surface area contributed by atoms with E-state index < -0.39 is 43.5 Å². The lowest BCUT2D eigenvalue weighted by atomic mass is 9.82. The lowest BCUT2D eigenvalue weighted by Crippen LogP contribution is -2.25. The SMILES string of the molecule is Cc1ccc(NS(=O)O)cc1Nc1cc(S(=O)(=O)O)c(N)c2c1C(=O)c1ccccc1C2=O. The van der Waals surface area contributed by atoms with Gasteiger partial charge in [0, 0.05) is 16.8 Å². The van der Waals surface area contributed by atoms with Crippen molar-refractivity contribution in [2.24, 2.45) is 0 Å². The van der Waals surface area contributed by atoms with Crippen molar-refractivity contribution in [1.29, 1.82) is 0 Å². The molecule has 33 heavy (non-hydrogen) atoms. The molecule has 12 heteroatoms. The number of benzene rings is 3. The van der Waals surface area contributed by atoms with Crippen molar-refractivity contribution in [2.45, 2.75) is 11.8 Å². The van der Waals surface area contributed by atoms with Crippen molar-refractivity contribution < 1.29 is 31.3 Å². The molecule has 1 atom stereocenters. The van der Waals surface area contributed by atoms with Crippen LogP contribution in [0.15, 0.2) is 53.4 Å².